The molecule has 0 atom stereocenters. The Labute approximate surface area is 114 Å². The van der Waals surface area contributed by atoms with Crippen LogP contribution < -0.4 is 5.32 Å². The van der Waals surface area contributed by atoms with Crippen LogP contribution in [-0.4, -0.2) is 42.1 Å². The molecule has 1 saturated carbocycles. The lowest BCUT2D eigenvalue weighted by Gasteiger charge is -2.34. The molecule has 0 radical (unpaired) electrons. The topological polar surface area (TPSA) is 52.6 Å². The molecular formula is C15H22N2O2. The first kappa shape index (κ1) is 13.9. The van der Waals surface area contributed by atoms with E-state index in [0.717, 1.165) is 25.7 Å². The highest BCUT2D eigenvalue weighted by Crippen LogP contribution is 2.23. The van der Waals surface area contributed by atoms with Gasteiger partial charge in [0.15, 0.2) is 0 Å². The summed E-state index contributed by atoms with van der Waals surface area (Å²) in [5.74, 6) is 0.224. The third kappa shape index (κ3) is 3.26. The van der Waals surface area contributed by atoms with E-state index in [1.807, 2.05) is 19.0 Å². The maximum Gasteiger partial charge on any atom is 0.253 e. The molecule has 1 aliphatic carbocycles. The first-order chi connectivity index (χ1) is 9.11. The largest absolute Gasteiger partial charge is 0.508 e. The molecule has 1 amide bonds. The highest BCUT2D eigenvalue weighted by Gasteiger charge is 2.26. The van der Waals surface area contributed by atoms with Gasteiger partial charge < -0.3 is 15.3 Å². The molecule has 0 aliphatic heterocycles. The number of rotatable bonds is 3. The van der Waals surface area contributed by atoms with Crippen molar-refractivity contribution in [3.8, 4) is 5.75 Å². The number of hydrogen-bond donors (Lipinski definition) is 2. The quantitative estimate of drug-likeness (QED) is 0.876. The number of nitrogens with zero attached hydrogens (tertiary/aromatic N) is 1. The lowest BCUT2D eigenvalue weighted by atomic mass is 9.90. The fourth-order valence-corrected chi connectivity index (χ4v) is 2.73. The summed E-state index contributed by atoms with van der Waals surface area (Å²) in [7, 11) is 3.87. The Morgan fingerprint density at radius 3 is 2.32 bits per heavy atom. The van der Waals surface area contributed by atoms with Crippen molar-refractivity contribution >= 4 is 5.91 Å². The molecule has 19 heavy (non-hydrogen) atoms. The normalized spacial score (nSPS) is 23.1. The Balaban J connectivity index is 1.98. The third-order valence-electron chi connectivity index (χ3n) is 4.09. The Hall–Kier alpha value is -1.55. The van der Waals surface area contributed by atoms with E-state index in [1.165, 1.54) is 0 Å². The van der Waals surface area contributed by atoms with Gasteiger partial charge in [-0.25, -0.2) is 0 Å². The van der Waals surface area contributed by atoms with Crippen LogP contribution >= 0.6 is 0 Å². The van der Waals surface area contributed by atoms with Crippen molar-refractivity contribution in [2.75, 3.05) is 14.1 Å². The number of nitrogens with one attached hydrogen (secondary N) is 1. The third-order valence-corrected chi connectivity index (χ3v) is 4.09. The average molecular weight is 262 g/mol. The Morgan fingerprint density at radius 1 is 1.21 bits per heavy atom. The first-order valence-electron chi connectivity index (χ1n) is 6.85. The van der Waals surface area contributed by atoms with Crippen LogP contribution in [0.3, 0.4) is 0 Å². The smallest absolute Gasteiger partial charge is 0.253 e. The lowest BCUT2D eigenvalue weighted by molar-refractivity contribution is 0.0685. The van der Waals surface area contributed by atoms with Gasteiger partial charge in [-0.15, -0.1) is 0 Å². The summed E-state index contributed by atoms with van der Waals surface area (Å²) in [5, 5.41) is 12.5. The number of phenolic OH excluding ortho intramolecular Hbond substituents is 1. The zero-order valence-electron chi connectivity index (χ0n) is 11.6. The van der Waals surface area contributed by atoms with Crippen molar-refractivity contribution in [3.05, 3.63) is 29.8 Å². The maximum absolute atomic E-state index is 12.3. The molecule has 0 saturated heterocycles. The zero-order valence-corrected chi connectivity index (χ0v) is 11.6. The molecule has 0 unspecified atom stereocenters. The monoisotopic (exact) mass is 262 g/mol. The molecule has 0 heterocycles. The van der Waals surface area contributed by atoms with E-state index >= 15 is 0 Å². The number of amides is 1. The summed E-state index contributed by atoms with van der Waals surface area (Å²) in [5.41, 5.74) is 0.635. The van der Waals surface area contributed by atoms with Gasteiger partial charge in [0.2, 0.25) is 0 Å². The maximum atomic E-state index is 12.3. The van der Waals surface area contributed by atoms with E-state index < -0.39 is 0 Å². The molecule has 0 spiro atoms. The van der Waals surface area contributed by atoms with Crippen molar-refractivity contribution in [2.24, 2.45) is 0 Å². The summed E-state index contributed by atoms with van der Waals surface area (Å²) in [4.78, 5) is 14.2. The number of carbonyl (C=O) groups excluding carboxylic acids is 1. The molecule has 1 aromatic carbocycles. The van der Waals surface area contributed by atoms with Crippen molar-refractivity contribution in [1.82, 2.24) is 10.2 Å². The Kier molecular flexibility index (Phi) is 4.43. The van der Waals surface area contributed by atoms with Gasteiger partial charge in [-0.3, -0.25) is 4.79 Å². The van der Waals surface area contributed by atoms with Gasteiger partial charge in [0.05, 0.1) is 0 Å². The molecule has 4 heteroatoms. The molecule has 2 N–H and O–H groups in total. The minimum atomic E-state index is 0.0351. The summed E-state index contributed by atoms with van der Waals surface area (Å²) >= 11 is 0. The fourth-order valence-electron chi connectivity index (χ4n) is 2.73. The van der Waals surface area contributed by atoms with Crippen LogP contribution in [0.2, 0.25) is 0 Å². The number of carbonyl (C=O) groups is 1. The number of aromatic hydroxyl groups is 1. The van der Waals surface area contributed by atoms with Crippen LogP contribution in [0.4, 0.5) is 0 Å². The number of benzene rings is 1. The highest BCUT2D eigenvalue weighted by molar-refractivity contribution is 5.94. The van der Waals surface area contributed by atoms with Crippen molar-refractivity contribution in [2.45, 2.75) is 37.8 Å². The summed E-state index contributed by atoms with van der Waals surface area (Å²) < 4.78 is 0. The van der Waals surface area contributed by atoms with E-state index in [1.54, 1.807) is 24.3 Å². The molecule has 1 aromatic rings. The fraction of sp³-hybridized carbons (Fsp3) is 0.533. The van der Waals surface area contributed by atoms with Gasteiger partial charge >= 0.3 is 0 Å². The molecule has 1 fully saturated rings. The van der Waals surface area contributed by atoms with Crippen LogP contribution in [0.5, 0.6) is 5.75 Å². The van der Waals surface area contributed by atoms with Crippen LogP contribution in [0.1, 0.15) is 36.0 Å². The molecule has 4 nitrogen and oxygen atoms in total. The van der Waals surface area contributed by atoms with Crippen LogP contribution in [-0.2, 0) is 0 Å². The average Bonchev–Trinajstić information content (AvgIpc) is 2.46. The predicted octanol–water partition coefficient (Wildman–Crippen LogP) is 1.99. The zero-order chi connectivity index (χ0) is 13.8. The minimum absolute atomic E-state index is 0.0351. The number of hydrogen-bond acceptors (Lipinski definition) is 3. The van der Waals surface area contributed by atoms with Gasteiger partial charge in [-0.2, -0.15) is 0 Å². The van der Waals surface area contributed by atoms with Crippen LogP contribution in [0.15, 0.2) is 24.3 Å². The summed E-state index contributed by atoms with van der Waals surface area (Å²) in [6.07, 6.45) is 4.33. The second-order valence-corrected chi connectivity index (χ2v) is 5.26. The summed E-state index contributed by atoms with van der Waals surface area (Å²) in [6.45, 7) is 0. The molecule has 1 aliphatic rings. The molecular weight excluding hydrogens is 240 g/mol. The van der Waals surface area contributed by atoms with Crippen LogP contribution in [0.25, 0.3) is 0 Å². The number of phenols is 1. The van der Waals surface area contributed by atoms with Crippen molar-refractivity contribution < 1.29 is 9.90 Å². The lowest BCUT2D eigenvalue weighted by Crippen LogP contribution is -2.42. The molecule has 104 valence electrons. The Bertz CT molecular complexity index is 422. The highest BCUT2D eigenvalue weighted by atomic mass is 16.3. The predicted molar refractivity (Wildman–Crippen MR) is 75.3 cm³/mol. The van der Waals surface area contributed by atoms with Crippen molar-refractivity contribution in [3.63, 3.8) is 0 Å². The van der Waals surface area contributed by atoms with E-state index in [0.29, 0.717) is 17.6 Å². The van der Waals surface area contributed by atoms with Crippen LogP contribution in [0, 0.1) is 0 Å². The molecule has 0 aromatic heterocycles. The molecule has 0 bridgehead atoms. The van der Waals surface area contributed by atoms with E-state index in [4.69, 9.17) is 0 Å². The Morgan fingerprint density at radius 2 is 1.79 bits per heavy atom. The minimum Gasteiger partial charge on any atom is -0.508 e. The van der Waals surface area contributed by atoms with Gasteiger partial charge in [-0.1, -0.05) is 0 Å². The first-order valence-corrected chi connectivity index (χ1v) is 6.85. The van der Waals surface area contributed by atoms with Crippen molar-refractivity contribution in [1.29, 1.82) is 0 Å². The van der Waals surface area contributed by atoms with Gasteiger partial charge in [0.25, 0.3) is 5.91 Å². The van der Waals surface area contributed by atoms with E-state index in [2.05, 4.69) is 5.32 Å². The second-order valence-electron chi connectivity index (χ2n) is 5.26. The van der Waals surface area contributed by atoms with Gasteiger partial charge in [0.1, 0.15) is 5.75 Å². The standard InChI is InChI=1S/C15H22N2O2/c1-16-12-5-7-13(8-6-12)17(2)15(19)11-3-9-14(18)10-4-11/h3-4,9-10,12-13,16,18H,5-8H2,1-2H3. The van der Waals surface area contributed by atoms with Gasteiger partial charge in [0, 0.05) is 24.7 Å². The second kappa shape index (κ2) is 6.06. The van der Waals surface area contributed by atoms with E-state index in [9.17, 15) is 9.90 Å². The molecule has 2 rings (SSSR count). The van der Waals surface area contributed by atoms with Gasteiger partial charge in [-0.05, 0) is 57.0 Å². The SMILES string of the molecule is CNC1CCC(N(C)C(=O)c2ccc(O)cc2)CC1. The summed E-state index contributed by atoms with van der Waals surface area (Å²) in [6, 6.07) is 7.37. The van der Waals surface area contributed by atoms with E-state index in [-0.39, 0.29) is 11.7 Å².